The van der Waals surface area contributed by atoms with Gasteiger partial charge >= 0.3 is 0 Å². The number of carbonyl (C=O) groups is 1. The highest BCUT2D eigenvalue weighted by Crippen LogP contribution is 2.22. The van der Waals surface area contributed by atoms with Gasteiger partial charge in [0.05, 0.1) is 6.61 Å². The van der Waals surface area contributed by atoms with E-state index in [4.69, 9.17) is 10.8 Å². The first kappa shape index (κ1) is 15.0. The van der Waals surface area contributed by atoms with Crippen molar-refractivity contribution in [3.63, 3.8) is 0 Å². The minimum absolute atomic E-state index is 0.124. The van der Waals surface area contributed by atoms with E-state index in [9.17, 15) is 4.79 Å². The zero-order chi connectivity index (χ0) is 14.5. The van der Waals surface area contributed by atoms with Gasteiger partial charge in [-0.05, 0) is 37.7 Å². The van der Waals surface area contributed by atoms with Crippen LogP contribution in [0.15, 0.2) is 24.3 Å². The molecule has 1 unspecified atom stereocenters. The summed E-state index contributed by atoms with van der Waals surface area (Å²) in [5.41, 5.74) is 8.25. The molecule has 1 fully saturated rings. The van der Waals surface area contributed by atoms with Crippen LogP contribution in [0.5, 0.6) is 0 Å². The molecule has 0 aliphatic carbocycles. The predicted molar refractivity (Wildman–Crippen MR) is 79.2 cm³/mol. The third kappa shape index (κ3) is 3.81. The molecule has 20 heavy (non-hydrogen) atoms. The molecule has 1 aliphatic rings. The van der Waals surface area contributed by atoms with Gasteiger partial charge in [-0.2, -0.15) is 0 Å². The van der Waals surface area contributed by atoms with Gasteiger partial charge in [-0.3, -0.25) is 4.79 Å². The molecule has 110 valence electrons. The SMILES string of the molecule is Cc1cccc(CC2CCN(C(=O)C(N)CO)CC2)c1. The summed E-state index contributed by atoms with van der Waals surface area (Å²) in [4.78, 5) is 13.7. The van der Waals surface area contributed by atoms with Gasteiger partial charge in [-0.25, -0.2) is 0 Å². The van der Waals surface area contributed by atoms with E-state index in [0.29, 0.717) is 5.92 Å². The van der Waals surface area contributed by atoms with E-state index >= 15 is 0 Å². The lowest BCUT2D eigenvalue weighted by atomic mass is 9.89. The fraction of sp³-hybridized carbons (Fsp3) is 0.562. The molecular weight excluding hydrogens is 252 g/mol. The van der Waals surface area contributed by atoms with Crippen LogP contribution in [-0.2, 0) is 11.2 Å². The van der Waals surface area contributed by atoms with Crippen LogP contribution in [0.2, 0.25) is 0 Å². The van der Waals surface area contributed by atoms with Crippen LogP contribution >= 0.6 is 0 Å². The Bertz CT molecular complexity index is 454. The second-order valence-corrected chi connectivity index (χ2v) is 5.75. The zero-order valence-corrected chi connectivity index (χ0v) is 12.1. The van der Waals surface area contributed by atoms with Crippen molar-refractivity contribution in [1.29, 1.82) is 0 Å². The van der Waals surface area contributed by atoms with Gasteiger partial charge in [0.15, 0.2) is 0 Å². The maximum Gasteiger partial charge on any atom is 0.241 e. The highest BCUT2D eigenvalue weighted by molar-refractivity contribution is 5.81. The molecule has 1 amide bonds. The van der Waals surface area contributed by atoms with Gasteiger partial charge < -0.3 is 15.7 Å². The fourth-order valence-corrected chi connectivity index (χ4v) is 2.84. The van der Waals surface area contributed by atoms with Crippen molar-refractivity contribution in [2.45, 2.75) is 32.2 Å². The highest BCUT2D eigenvalue weighted by Gasteiger charge is 2.25. The lowest BCUT2D eigenvalue weighted by molar-refractivity contribution is -0.134. The number of benzene rings is 1. The number of amides is 1. The molecule has 0 bridgehead atoms. The molecule has 0 aromatic heterocycles. The Morgan fingerprint density at radius 2 is 2.15 bits per heavy atom. The summed E-state index contributed by atoms with van der Waals surface area (Å²) in [6.07, 6.45) is 3.10. The number of nitrogens with zero attached hydrogens (tertiary/aromatic N) is 1. The minimum atomic E-state index is -0.761. The lowest BCUT2D eigenvalue weighted by Gasteiger charge is -2.33. The molecule has 1 aromatic rings. The van der Waals surface area contributed by atoms with Crippen molar-refractivity contribution in [2.24, 2.45) is 11.7 Å². The van der Waals surface area contributed by atoms with Crippen molar-refractivity contribution >= 4 is 5.91 Å². The monoisotopic (exact) mass is 276 g/mol. The summed E-state index contributed by atoms with van der Waals surface area (Å²) in [5, 5.41) is 8.94. The molecule has 1 atom stereocenters. The van der Waals surface area contributed by atoms with Gasteiger partial charge in [0.2, 0.25) is 5.91 Å². The fourth-order valence-electron chi connectivity index (χ4n) is 2.84. The summed E-state index contributed by atoms with van der Waals surface area (Å²) in [6, 6.07) is 7.86. The molecule has 2 rings (SSSR count). The molecule has 4 heteroatoms. The first-order chi connectivity index (χ1) is 9.60. The van der Waals surface area contributed by atoms with Crippen molar-refractivity contribution < 1.29 is 9.90 Å². The number of likely N-dealkylation sites (tertiary alicyclic amines) is 1. The molecule has 1 heterocycles. The third-order valence-corrected chi connectivity index (χ3v) is 4.05. The summed E-state index contributed by atoms with van der Waals surface area (Å²) in [7, 11) is 0. The highest BCUT2D eigenvalue weighted by atomic mass is 16.3. The molecule has 1 saturated heterocycles. The number of aliphatic hydroxyl groups excluding tert-OH is 1. The Balaban J connectivity index is 1.84. The van der Waals surface area contributed by atoms with E-state index < -0.39 is 6.04 Å². The summed E-state index contributed by atoms with van der Waals surface area (Å²) >= 11 is 0. The molecule has 4 nitrogen and oxygen atoms in total. The van der Waals surface area contributed by atoms with E-state index in [0.717, 1.165) is 32.4 Å². The summed E-state index contributed by atoms with van der Waals surface area (Å²) in [5.74, 6) is 0.507. The maximum atomic E-state index is 11.9. The van der Waals surface area contributed by atoms with Gasteiger partial charge in [-0.1, -0.05) is 29.8 Å². The Morgan fingerprint density at radius 1 is 1.45 bits per heavy atom. The maximum absolute atomic E-state index is 11.9. The van der Waals surface area contributed by atoms with E-state index in [2.05, 4.69) is 31.2 Å². The number of aryl methyl sites for hydroxylation is 1. The number of hydrogen-bond acceptors (Lipinski definition) is 3. The van der Waals surface area contributed by atoms with Gasteiger partial charge in [-0.15, -0.1) is 0 Å². The normalized spacial score (nSPS) is 18.1. The average molecular weight is 276 g/mol. The Hall–Kier alpha value is -1.39. The number of hydrogen-bond donors (Lipinski definition) is 2. The number of nitrogens with two attached hydrogens (primary N) is 1. The molecule has 0 radical (unpaired) electrons. The number of piperidine rings is 1. The van der Waals surface area contributed by atoms with Crippen LogP contribution in [0.25, 0.3) is 0 Å². The minimum Gasteiger partial charge on any atom is -0.394 e. The zero-order valence-electron chi connectivity index (χ0n) is 12.1. The van der Waals surface area contributed by atoms with E-state index in [1.165, 1.54) is 11.1 Å². The van der Waals surface area contributed by atoms with Gasteiger partial charge in [0, 0.05) is 13.1 Å². The van der Waals surface area contributed by atoms with E-state index in [1.54, 1.807) is 4.90 Å². The second-order valence-electron chi connectivity index (χ2n) is 5.75. The van der Waals surface area contributed by atoms with Crippen LogP contribution in [0, 0.1) is 12.8 Å². The first-order valence-electron chi connectivity index (χ1n) is 7.31. The standard InChI is InChI=1S/C16H24N2O2/c1-12-3-2-4-14(9-12)10-13-5-7-18(8-6-13)16(20)15(17)11-19/h2-4,9,13,15,19H,5-8,10-11,17H2,1H3. The van der Waals surface area contributed by atoms with Crippen LogP contribution in [-0.4, -0.2) is 41.7 Å². The molecule has 0 saturated carbocycles. The largest absolute Gasteiger partial charge is 0.394 e. The predicted octanol–water partition coefficient (Wildman–Crippen LogP) is 1.10. The summed E-state index contributed by atoms with van der Waals surface area (Å²) in [6.45, 7) is 3.34. The van der Waals surface area contributed by atoms with E-state index in [1.807, 2.05) is 0 Å². The molecule has 1 aliphatic heterocycles. The van der Waals surface area contributed by atoms with Crippen LogP contribution in [0.3, 0.4) is 0 Å². The van der Waals surface area contributed by atoms with Crippen LogP contribution in [0.4, 0.5) is 0 Å². The topological polar surface area (TPSA) is 66.6 Å². The van der Waals surface area contributed by atoms with Crippen molar-refractivity contribution in [3.8, 4) is 0 Å². The molecule has 1 aromatic carbocycles. The van der Waals surface area contributed by atoms with Crippen molar-refractivity contribution in [3.05, 3.63) is 35.4 Å². The second kappa shape index (κ2) is 6.86. The van der Waals surface area contributed by atoms with E-state index in [-0.39, 0.29) is 12.5 Å². The van der Waals surface area contributed by atoms with Crippen molar-refractivity contribution in [1.82, 2.24) is 4.90 Å². The third-order valence-electron chi connectivity index (χ3n) is 4.05. The number of carbonyl (C=O) groups excluding carboxylic acids is 1. The van der Waals surface area contributed by atoms with Crippen molar-refractivity contribution in [2.75, 3.05) is 19.7 Å². The Kier molecular flexibility index (Phi) is 5.15. The lowest BCUT2D eigenvalue weighted by Crippen LogP contribution is -2.48. The molecular formula is C16H24N2O2. The molecule has 3 N–H and O–H groups in total. The summed E-state index contributed by atoms with van der Waals surface area (Å²) < 4.78 is 0. The number of rotatable bonds is 4. The van der Waals surface area contributed by atoms with Crippen LogP contribution in [0.1, 0.15) is 24.0 Å². The average Bonchev–Trinajstić information content (AvgIpc) is 2.46. The first-order valence-corrected chi connectivity index (χ1v) is 7.31. The smallest absolute Gasteiger partial charge is 0.241 e. The molecule has 0 spiro atoms. The quantitative estimate of drug-likeness (QED) is 0.865. The number of aliphatic hydroxyl groups is 1. The van der Waals surface area contributed by atoms with Gasteiger partial charge in [0.25, 0.3) is 0 Å². The Labute approximate surface area is 120 Å². The van der Waals surface area contributed by atoms with Crippen LogP contribution < -0.4 is 5.73 Å². The van der Waals surface area contributed by atoms with Gasteiger partial charge in [0.1, 0.15) is 6.04 Å². The Morgan fingerprint density at radius 3 is 2.75 bits per heavy atom.